The minimum atomic E-state index is -0.704. The van der Waals surface area contributed by atoms with Gasteiger partial charge in [0.2, 0.25) is 0 Å². The smallest absolute Gasteiger partial charge is 0.407 e. The Bertz CT molecular complexity index is 1080. The molecule has 4 atom stereocenters. The summed E-state index contributed by atoms with van der Waals surface area (Å²) in [6.45, 7) is 2.48. The maximum Gasteiger partial charge on any atom is 0.407 e. The van der Waals surface area contributed by atoms with E-state index in [-0.39, 0.29) is 17.9 Å². The SMILES string of the molecule is C[C@]12C[C@@H]3C[C@](NC(=O)OCC4c5ccccc5-c5ccccc54)(C1)C[C@@](C(=O)O)(C3)C2. The van der Waals surface area contributed by atoms with Crippen LogP contribution in [0.15, 0.2) is 48.5 Å². The van der Waals surface area contributed by atoms with E-state index in [0.717, 1.165) is 32.1 Å². The van der Waals surface area contributed by atoms with E-state index in [2.05, 4.69) is 36.5 Å². The molecule has 0 spiro atoms. The van der Waals surface area contributed by atoms with Crippen LogP contribution in [0.2, 0.25) is 0 Å². The molecule has 0 radical (unpaired) electrons. The van der Waals surface area contributed by atoms with Gasteiger partial charge in [-0.2, -0.15) is 0 Å². The van der Waals surface area contributed by atoms with Crippen LogP contribution in [0.25, 0.3) is 11.1 Å². The summed E-state index contributed by atoms with van der Waals surface area (Å²) in [7, 11) is 0. The zero-order valence-corrected chi connectivity index (χ0v) is 18.4. The van der Waals surface area contributed by atoms with Crippen molar-refractivity contribution in [2.45, 2.75) is 56.9 Å². The summed E-state index contributed by atoms with van der Waals surface area (Å²) >= 11 is 0. The average Bonchev–Trinajstić information content (AvgIpc) is 3.04. The summed E-state index contributed by atoms with van der Waals surface area (Å²) in [5.74, 6) is -0.319. The number of carbonyl (C=O) groups excluding carboxylic acids is 1. The van der Waals surface area contributed by atoms with Crippen molar-refractivity contribution in [3.05, 3.63) is 59.7 Å². The monoisotopic (exact) mass is 431 g/mol. The second-order valence-corrected chi connectivity index (χ2v) is 11.1. The normalized spacial score (nSPS) is 34.1. The Kier molecular flexibility index (Phi) is 4.09. The lowest BCUT2D eigenvalue weighted by atomic mass is 9.42. The molecule has 0 saturated heterocycles. The predicted octanol–water partition coefficient (Wildman–Crippen LogP) is 5.34. The van der Waals surface area contributed by atoms with Crippen molar-refractivity contribution in [2.24, 2.45) is 16.7 Å². The van der Waals surface area contributed by atoms with Crippen LogP contribution in [0.3, 0.4) is 0 Å². The molecule has 4 saturated carbocycles. The van der Waals surface area contributed by atoms with Crippen molar-refractivity contribution in [2.75, 3.05) is 6.61 Å². The number of hydrogen-bond donors (Lipinski definition) is 2. The molecule has 5 aliphatic carbocycles. The van der Waals surface area contributed by atoms with Crippen molar-refractivity contribution >= 4 is 12.1 Å². The van der Waals surface area contributed by atoms with Gasteiger partial charge in [0.1, 0.15) is 6.61 Å². The minimum absolute atomic E-state index is 0.0194. The molecule has 32 heavy (non-hydrogen) atoms. The minimum Gasteiger partial charge on any atom is -0.481 e. The fraction of sp³-hybridized carbons (Fsp3) is 0.481. The molecule has 5 heteroatoms. The van der Waals surface area contributed by atoms with Crippen molar-refractivity contribution in [1.82, 2.24) is 5.32 Å². The van der Waals surface area contributed by atoms with Crippen LogP contribution in [0.5, 0.6) is 0 Å². The number of carbonyl (C=O) groups is 2. The van der Waals surface area contributed by atoms with Crippen LogP contribution in [-0.4, -0.2) is 29.3 Å². The number of hydrogen-bond acceptors (Lipinski definition) is 3. The number of alkyl carbamates (subject to hydrolysis) is 1. The predicted molar refractivity (Wildman–Crippen MR) is 120 cm³/mol. The number of carboxylic acid groups (broad SMARTS) is 1. The van der Waals surface area contributed by atoms with Crippen LogP contribution < -0.4 is 5.32 Å². The van der Waals surface area contributed by atoms with E-state index in [4.69, 9.17) is 4.74 Å². The lowest BCUT2D eigenvalue weighted by Gasteiger charge is -2.64. The van der Waals surface area contributed by atoms with E-state index in [9.17, 15) is 14.7 Å². The zero-order valence-electron chi connectivity index (χ0n) is 18.4. The average molecular weight is 432 g/mol. The molecule has 5 nitrogen and oxygen atoms in total. The quantitative estimate of drug-likeness (QED) is 0.685. The molecule has 4 bridgehead atoms. The van der Waals surface area contributed by atoms with Gasteiger partial charge in [-0.25, -0.2) is 4.79 Å². The van der Waals surface area contributed by atoms with Crippen molar-refractivity contribution < 1.29 is 19.4 Å². The lowest BCUT2D eigenvalue weighted by Crippen LogP contribution is -2.67. The molecule has 166 valence electrons. The Hall–Kier alpha value is -2.82. The first-order valence-corrected chi connectivity index (χ1v) is 11.7. The highest BCUT2D eigenvalue weighted by atomic mass is 16.5. The molecule has 0 aliphatic heterocycles. The Morgan fingerprint density at radius 3 is 2.25 bits per heavy atom. The highest BCUT2D eigenvalue weighted by Crippen LogP contribution is 2.66. The standard InChI is InChI=1S/C27H29NO4/c1-25-10-17-11-26(14-25,23(29)30)16-27(12-17,15-25)28-24(31)32-13-22-20-8-4-2-6-18(20)19-7-3-5-9-21(19)22/h2-9,17,22H,10-16H2,1H3,(H,28,31)(H,29,30)/t17-,25+,26+,27-/m0/s1. The van der Waals surface area contributed by atoms with E-state index in [1.54, 1.807) is 0 Å². The third-order valence-electron chi connectivity index (χ3n) is 8.51. The van der Waals surface area contributed by atoms with E-state index in [0.29, 0.717) is 12.3 Å². The molecule has 0 unspecified atom stereocenters. The van der Waals surface area contributed by atoms with Gasteiger partial charge in [0.15, 0.2) is 0 Å². The molecule has 2 aromatic rings. The molecule has 4 fully saturated rings. The van der Waals surface area contributed by atoms with Gasteiger partial charge in [-0.05, 0) is 72.1 Å². The molecule has 1 amide bonds. The van der Waals surface area contributed by atoms with Gasteiger partial charge >= 0.3 is 12.1 Å². The van der Waals surface area contributed by atoms with Gasteiger partial charge in [-0.3, -0.25) is 4.79 Å². The van der Waals surface area contributed by atoms with Crippen LogP contribution >= 0.6 is 0 Å². The topological polar surface area (TPSA) is 75.6 Å². The number of amides is 1. The Morgan fingerprint density at radius 1 is 0.969 bits per heavy atom. The number of benzene rings is 2. The molecule has 2 N–H and O–H groups in total. The highest BCUT2D eigenvalue weighted by Gasteiger charge is 2.65. The second kappa shape index (κ2) is 6.60. The van der Waals surface area contributed by atoms with Gasteiger partial charge < -0.3 is 15.2 Å². The Balaban J connectivity index is 1.20. The van der Waals surface area contributed by atoms with Crippen LogP contribution in [0, 0.1) is 16.7 Å². The number of ether oxygens (including phenoxy) is 1. The first kappa shape index (κ1) is 19.8. The molecular weight excluding hydrogens is 402 g/mol. The number of aliphatic carboxylic acids is 1. The Morgan fingerprint density at radius 2 is 1.62 bits per heavy atom. The van der Waals surface area contributed by atoms with E-state index >= 15 is 0 Å². The molecule has 0 heterocycles. The Labute approximate surface area is 188 Å². The zero-order chi connectivity index (χ0) is 22.1. The number of carboxylic acids is 1. The van der Waals surface area contributed by atoms with Gasteiger partial charge in [0.05, 0.1) is 5.41 Å². The number of fused-ring (bicyclic) bond motifs is 3. The third-order valence-corrected chi connectivity index (χ3v) is 8.51. The summed E-state index contributed by atoms with van der Waals surface area (Å²) in [5.41, 5.74) is 3.60. The summed E-state index contributed by atoms with van der Waals surface area (Å²) in [6.07, 6.45) is 4.34. The van der Waals surface area contributed by atoms with Gasteiger partial charge in [-0.1, -0.05) is 55.5 Å². The van der Waals surface area contributed by atoms with Crippen LogP contribution in [0.1, 0.15) is 62.5 Å². The van der Waals surface area contributed by atoms with Gasteiger partial charge in [-0.15, -0.1) is 0 Å². The molecule has 0 aromatic heterocycles. The largest absolute Gasteiger partial charge is 0.481 e. The summed E-state index contributed by atoms with van der Waals surface area (Å²) < 4.78 is 5.81. The van der Waals surface area contributed by atoms with E-state index in [1.807, 2.05) is 24.3 Å². The van der Waals surface area contributed by atoms with E-state index in [1.165, 1.54) is 22.3 Å². The fourth-order valence-electron chi connectivity index (χ4n) is 8.15. The van der Waals surface area contributed by atoms with Crippen LogP contribution in [-0.2, 0) is 9.53 Å². The highest BCUT2D eigenvalue weighted by molar-refractivity contribution is 5.79. The summed E-state index contributed by atoms with van der Waals surface area (Å²) in [4.78, 5) is 25.2. The first-order valence-electron chi connectivity index (χ1n) is 11.7. The number of nitrogens with one attached hydrogen (secondary N) is 1. The number of rotatable bonds is 4. The second-order valence-electron chi connectivity index (χ2n) is 11.1. The van der Waals surface area contributed by atoms with Gasteiger partial charge in [0.25, 0.3) is 0 Å². The first-order chi connectivity index (χ1) is 15.3. The maximum absolute atomic E-state index is 13.0. The van der Waals surface area contributed by atoms with Crippen molar-refractivity contribution in [3.63, 3.8) is 0 Å². The molecule has 2 aromatic carbocycles. The van der Waals surface area contributed by atoms with Crippen molar-refractivity contribution in [1.29, 1.82) is 0 Å². The third kappa shape index (κ3) is 2.90. The molecule has 7 rings (SSSR count). The maximum atomic E-state index is 13.0. The molecule has 5 aliphatic rings. The van der Waals surface area contributed by atoms with Crippen LogP contribution in [0.4, 0.5) is 4.79 Å². The van der Waals surface area contributed by atoms with Crippen molar-refractivity contribution in [3.8, 4) is 11.1 Å². The lowest BCUT2D eigenvalue weighted by molar-refractivity contribution is -0.178. The molecular formula is C27H29NO4. The van der Waals surface area contributed by atoms with Gasteiger partial charge in [0, 0.05) is 11.5 Å². The fourth-order valence-corrected chi connectivity index (χ4v) is 8.15. The summed E-state index contributed by atoms with van der Waals surface area (Å²) in [6, 6.07) is 16.6. The van der Waals surface area contributed by atoms with E-state index < -0.39 is 23.0 Å². The summed E-state index contributed by atoms with van der Waals surface area (Å²) in [5, 5.41) is 13.2.